The van der Waals surface area contributed by atoms with Gasteiger partial charge in [-0.2, -0.15) is 0 Å². The van der Waals surface area contributed by atoms with Gasteiger partial charge in [0.25, 0.3) is 0 Å². The lowest BCUT2D eigenvalue weighted by Crippen LogP contribution is -2.19. The zero-order valence-corrected chi connectivity index (χ0v) is 12.0. The minimum atomic E-state index is -3.10. The fourth-order valence-corrected chi connectivity index (χ4v) is 5.07. The van der Waals surface area contributed by atoms with Crippen LogP contribution in [0.5, 0.6) is 0 Å². The van der Waals surface area contributed by atoms with Crippen LogP contribution in [0.25, 0.3) is 0 Å². The van der Waals surface area contributed by atoms with Crippen LogP contribution >= 0.6 is 0 Å². The molecule has 3 nitrogen and oxygen atoms in total. The first-order chi connectivity index (χ1) is 9.18. The van der Waals surface area contributed by atoms with Crippen LogP contribution in [0.15, 0.2) is 29.2 Å². The van der Waals surface area contributed by atoms with Gasteiger partial charge < -0.3 is 4.90 Å². The number of nitrogens with zero attached hydrogens (tertiary/aromatic N) is 1. The molecule has 19 heavy (non-hydrogen) atoms. The van der Waals surface area contributed by atoms with Crippen LogP contribution in [0.4, 0.5) is 5.69 Å². The molecule has 0 bridgehead atoms. The molecule has 2 fully saturated rings. The van der Waals surface area contributed by atoms with Crippen molar-refractivity contribution in [3.05, 3.63) is 24.3 Å². The first kappa shape index (κ1) is 13.0. The van der Waals surface area contributed by atoms with Gasteiger partial charge >= 0.3 is 0 Å². The summed E-state index contributed by atoms with van der Waals surface area (Å²) in [7, 11) is -3.10. The first-order valence-electron chi connectivity index (χ1n) is 7.27. The molecule has 0 unspecified atom stereocenters. The van der Waals surface area contributed by atoms with Crippen molar-refractivity contribution in [1.82, 2.24) is 0 Å². The number of anilines is 1. The molecule has 0 aromatic heterocycles. The van der Waals surface area contributed by atoms with Gasteiger partial charge in [0.05, 0.1) is 10.1 Å². The van der Waals surface area contributed by atoms with E-state index >= 15 is 0 Å². The molecule has 0 radical (unpaired) electrons. The normalized spacial score (nSPS) is 21.2. The Morgan fingerprint density at radius 3 is 2.05 bits per heavy atom. The largest absolute Gasteiger partial charge is 0.372 e. The third kappa shape index (κ3) is 2.50. The molecule has 0 amide bonds. The van der Waals surface area contributed by atoms with Crippen molar-refractivity contribution in [1.29, 1.82) is 0 Å². The van der Waals surface area contributed by atoms with Crippen molar-refractivity contribution in [2.75, 3.05) is 18.0 Å². The molecule has 1 heterocycles. The summed E-state index contributed by atoms with van der Waals surface area (Å²) in [4.78, 5) is 2.83. The van der Waals surface area contributed by atoms with Crippen LogP contribution in [-0.2, 0) is 9.84 Å². The molecule has 2 aliphatic rings. The van der Waals surface area contributed by atoms with E-state index in [-0.39, 0.29) is 5.25 Å². The minimum Gasteiger partial charge on any atom is -0.372 e. The number of sulfone groups is 1. The zero-order chi connectivity index (χ0) is 13.3. The van der Waals surface area contributed by atoms with Gasteiger partial charge in [-0.3, -0.25) is 0 Å². The second-order valence-electron chi connectivity index (χ2n) is 5.64. The number of benzene rings is 1. The molecule has 3 rings (SSSR count). The number of hydrogen-bond donors (Lipinski definition) is 0. The van der Waals surface area contributed by atoms with Gasteiger partial charge in [0.15, 0.2) is 9.84 Å². The van der Waals surface area contributed by atoms with Crippen LogP contribution in [0.3, 0.4) is 0 Å². The molecule has 4 heteroatoms. The average molecular weight is 279 g/mol. The average Bonchev–Trinajstić information content (AvgIpc) is 3.12. The van der Waals surface area contributed by atoms with E-state index in [4.69, 9.17) is 0 Å². The van der Waals surface area contributed by atoms with Crippen molar-refractivity contribution in [2.24, 2.45) is 0 Å². The molecular formula is C15H21NO2S. The van der Waals surface area contributed by atoms with E-state index in [0.717, 1.165) is 44.5 Å². The Labute approximate surface area is 115 Å². The second kappa shape index (κ2) is 5.16. The van der Waals surface area contributed by atoms with E-state index < -0.39 is 9.84 Å². The predicted molar refractivity (Wildman–Crippen MR) is 77.3 cm³/mol. The van der Waals surface area contributed by atoms with Crippen molar-refractivity contribution >= 4 is 15.5 Å². The van der Waals surface area contributed by atoms with E-state index in [2.05, 4.69) is 4.90 Å². The smallest absolute Gasteiger partial charge is 0.181 e. The lowest BCUT2D eigenvalue weighted by Gasteiger charge is -2.18. The summed E-state index contributed by atoms with van der Waals surface area (Å²) in [6.45, 7) is 2.18. The highest BCUT2D eigenvalue weighted by atomic mass is 32.2. The zero-order valence-electron chi connectivity index (χ0n) is 11.2. The standard InChI is InChI=1S/C15H21NO2S/c17-19(18,14-5-1-2-6-14)15-9-7-13(8-10-15)16-11-3-4-12-16/h7-10,14H,1-6,11-12H2. The van der Waals surface area contributed by atoms with Crippen molar-refractivity contribution < 1.29 is 8.42 Å². The van der Waals surface area contributed by atoms with E-state index in [9.17, 15) is 8.42 Å². The van der Waals surface area contributed by atoms with Crippen LogP contribution in [-0.4, -0.2) is 26.8 Å². The summed E-state index contributed by atoms with van der Waals surface area (Å²) < 4.78 is 24.9. The molecule has 1 aliphatic heterocycles. The minimum absolute atomic E-state index is 0.148. The van der Waals surface area contributed by atoms with E-state index in [1.807, 2.05) is 12.1 Å². The monoisotopic (exact) mass is 279 g/mol. The van der Waals surface area contributed by atoms with Crippen molar-refractivity contribution in [3.63, 3.8) is 0 Å². The second-order valence-corrected chi connectivity index (χ2v) is 7.87. The van der Waals surface area contributed by atoms with E-state index in [0.29, 0.717) is 4.90 Å². The lowest BCUT2D eigenvalue weighted by atomic mass is 10.3. The van der Waals surface area contributed by atoms with Gasteiger partial charge in [-0.15, -0.1) is 0 Å². The Hall–Kier alpha value is -1.03. The van der Waals surface area contributed by atoms with Gasteiger partial charge in [-0.05, 0) is 49.9 Å². The topological polar surface area (TPSA) is 37.4 Å². The maximum absolute atomic E-state index is 12.5. The molecule has 1 aromatic rings. The highest BCUT2D eigenvalue weighted by Gasteiger charge is 2.30. The summed E-state index contributed by atoms with van der Waals surface area (Å²) >= 11 is 0. The molecule has 0 atom stereocenters. The van der Waals surface area contributed by atoms with Crippen LogP contribution in [0.2, 0.25) is 0 Å². The van der Waals surface area contributed by atoms with Gasteiger partial charge in [0, 0.05) is 18.8 Å². The Kier molecular flexibility index (Phi) is 3.52. The van der Waals surface area contributed by atoms with Crippen LogP contribution in [0.1, 0.15) is 38.5 Å². The Balaban J connectivity index is 1.81. The van der Waals surface area contributed by atoms with Gasteiger partial charge in [0.2, 0.25) is 0 Å². The summed E-state index contributed by atoms with van der Waals surface area (Å²) in [6.07, 6.45) is 6.24. The molecule has 104 valence electrons. The molecule has 1 saturated heterocycles. The van der Waals surface area contributed by atoms with Gasteiger partial charge in [0.1, 0.15) is 0 Å². The highest BCUT2D eigenvalue weighted by molar-refractivity contribution is 7.92. The SMILES string of the molecule is O=S(=O)(c1ccc(N2CCCC2)cc1)C1CCCC1. The Morgan fingerprint density at radius 1 is 0.895 bits per heavy atom. The molecule has 0 N–H and O–H groups in total. The van der Waals surface area contributed by atoms with Crippen molar-refractivity contribution in [2.45, 2.75) is 48.7 Å². The van der Waals surface area contributed by atoms with Crippen LogP contribution in [0, 0.1) is 0 Å². The van der Waals surface area contributed by atoms with Gasteiger partial charge in [-0.25, -0.2) is 8.42 Å². The first-order valence-corrected chi connectivity index (χ1v) is 8.81. The summed E-state index contributed by atoms with van der Waals surface area (Å²) in [5.41, 5.74) is 1.16. The quantitative estimate of drug-likeness (QED) is 0.853. The predicted octanol–water partition coefficient (Wildman–Crippen LogP) is 3.00. The summed E-state index contributed by atoms with van der Waals surface area (Å²) in [5.74, 6) is 0. The van der Waals surface area contributed by atoms with Crippen molar-refractivity contribution in [3.8, 4) is 0 Å². The van der Waals surface area contributed by atoms with E-state index in [1.54, 1.807) is 12.1 Å². The summed E-state index contributed by atoms with van der Waals surface area (Å²) in [6, 6.07) is 7.52. The van der Waals surface area contributed by atoms with E-state index in [1.165, 1.54) is 12.8 Å². The van der Waals surface area contributed by atoms with Crippen LogP contribution < -0.4 is 4.90 Å². The number of hydrogen-bond acceptors (Lipinski definition) is 3. The fourth-order valence-electron chi connectivity index (χ4n) is 3.21. The molecular weight excluding hydrogens is 258 g/mol. The highest BCUT2D eigenvalue weighted by Crippen LogP contribution is 2.30. The molecule has 0 spiro atoms. The van der Waals surface area contributed by atoms with Gasteiger partial charge in [-0.1, -0.05) is 12.8 Å². The lowest BCUT2D eigenvalue weighted by molar-refractivity contribution is 0.579. The molecule has 1 saturated carbocycles. The third-order valence-electron chi connectivity index (χ3n) is 4.38. The maximum Gasteiger partial charge on any atom is 0.181 e. The number of rotatable bonds is 3. The fraction of sp³-hybridized carbons (Fsp3) is 0.600. The summed E-state index contributed by atoms with van der Waals surface area (Å²) in [5, 5.41) is -0.148. The third-order valence-corrected chi connectivity index (χ3v) is 6.66. The molecule has 1 aromatic carbocycles. The Bertz CT molecular complexity index is 524. The Morgan fingerprint density at radius 2 is 1.47 bits per heavy atom. The maximum atomic E-state index is 12.5. The molecule has 1 aliphatic carbocycles.